The number of aryl methyl sites for hydroxylation is 2. The predicted molar refractivity (Wildman–Crippen MR) is 111 cm³/mol. The predicted octanol–water partition coefficient (Wildman–Crippen LogP) is 5.67. The third-order valence-corrected chi connectivity index (χ3v) is 4.70. The van der Waals surface area contributed by atoms with Gasteiger partial charge >= 0.3 is 0 Å². The van der Waals surface area contributed by atoms with Crippen molar-refractivity contribution in [2.75, 3.05) is 12.4 Å². The molecule has 0 unspecified atom stereocenters. The molecule has 134 valence electrons. The summed E-state index contributed by atoms with van der Waals surface area (Å²) in [7, 11) is 1.66. The highest BCUT2D eigenvalue weighted by molar-refractivity contribution is 5.93. The van der Waals surface area contributed by atoms with Gasteiger partial charge in [0.15, 0.2) is 5.82 Å². The van der Waals surface area contributed by atoms with Gasteiger partial charge in [-0.15, -0.1) is 0 Å². The number of hydrogen-bond donors (Lipinski definition) is 1. The number of benzene rings is 3. The molecule has 4 rings (SSSR count). The summed E-state index contributed by atoms with van der Waals surface area (Å²) < 4.78 is 5.39. The van der Waals surface area contributed by atoms with Crippen molar-refractivity contribution in [3.05, 3.63) is 77.9 Å². The van der Waals surface area contributed by atoms with Crippen LogP contribution >= 0.6 is 0 Å². The van der Waals surface area contributed by atoms with Crippen molar-refractivity contribution in [2.24, 2.45) is 0 Å². The van der Waals surface area contributed by atoms with Gasteiger partial charge in [0.1, 0.15) is 11.6 Å². The first-order chi connectivity index (χ1) is 13.1. The molecule has 4 heteroatoms. The molecular weight excluding hydrogens is 334 g/mol. The summed E-state index contributed by atoms with van der Waals surface area (Å²) in [5.41, 5.74) is 5.35. The van der Waals surface area contributed by atoms with E-state index in [2.05, 4.69) is 37.4 Å². The number of hydrogen-bond acceptors (Lipinski definition) is 4. The summed E-state index contributed by atoms with van der Waals surface area (Å²) >= 11 is 0. The van der Waals surface area contributed by atoms with Crippen LogP contribution in [0.25, 0.3) is 22.3 Å². The fraction of sp³-hybridized carbons (Fsp3) is 0.130. The van der Waals surface area contributed by atoms with Gasteiger partial charge in [-0.25, -0.2) is 9.97 Å². The molecule has 0 radical (unpaired) electrons. The largest absolute Gasteiger partial charge is 0.497 e. The lowest BCUT2D eigenvalue weighted by molar-refractivity contribution is 0.415. The third kappa shape index (κ3) is 3.47. The number of rotatable bonds is 4. The highest BCUT2D eigenvalue weighted by Gasteiger charge is 2.11. The van der Waals surface area contributed by atoms with Gasteiger partial charge in [0.05, 0.1) is 12.6 Å². The topological polar surface area (TPSA) is 47.0 Å². The SMILES string of the molecule is COc1ccc2nc(-c3ccccc3)nc(Nc3ccc(C)c(C)c3)c2c1. The van der Waals surface area contributed by atoms with E-state index in [0.717, 1.165) is 33.7 Å². The Kier molecular flexibility index (Phi) is 4.47. The van der Waals surface area contributed by atoms with E-state index >= 15 is 0 Å². The van der Waals surface area contributed by atoms with Gasteiger partial charge in [-0.2, -0.15) is 0 Å². The zero-order valence-corrected chi connectivity index (χ0v) is 15.7. The first kappa shape index (κ1) is 17.0. The lowest BCUT2D eigenvalue weighted by atomic mass is 10.1. The van der Waals surface area contributed by atoms with Gasteiger partial charge in [0, 0.05) is 16.6 Å². The van der Waals surface area contributed by atoms with Gasteiger partial charge < -0.3 is 10.1 Å². The average molecular weight is 355 g/mol. The minimum Gasteiger partial charge on any atom is -0.497 e. The van der Waals surface area contributed by atoms with Crippen LogP contribution in [0.4, 0.5) is 11.5 Å². The van der Waals surface area contributed by atoms with Crippen LogP contribution in [0.1, 0.15) is 11.1 Å². The number of aromatic nitrogens is 2. The smallest absolute Gasteiger partial charge is 0.162 e. The molecule has 0 aliphatic carbocycles. The molecule has 0 atom stereocenters. The van der Waals surface area contributed by atoms with Gasteiger partial charge in [0.25, 0.3) is 0 Å². The molecule has 0 saturated carbocycles. The highest BCUT2D eigenvalue weighted by Crippen LogP contribution is 2.30. The second-order valence-electron chi connectivity index (χ2n) is 6.57. The van der Waals surface area contributed by atoms with E-state index in [-0.39, 0.29) is 0 Å². The molecule has 0 aliphatic rings. The minimum absolute atomic E-state index is 0.694. The van der Waals surface area contributed by atoms with E-state index < -0.39 is 0 Å². The minimum atomic E-state index is 0.694. The third-order valence-electron chi connectivity index (χ3n) is 4.70. The normalized spacial score (nSPS) is 10.8. The molecule has 0 bridgehead atoms. The fourth-order valence-corrected chi connectivity index (χ4v) is 3.00. The highest BCUT2D eigenvalue weighted by atomic mass is 16.5. The van der Waals surface area contributed by atoms with Crippen molar-refractivity contribution in [1.82, 2.24) is 9.97 Å². The summed E-state index contributed by atoms with van der Waals surface area (Å²) in [5, 5.41) is 4.39. The zero-order chi connectivity index (χ0) is 18.8. The van der Waals surface area contributed by atoms with E-state index in [0.29, 0.717) is 5.82 Å². The summed E-state index contributed by atoms with van der Waals surface area (Å²) in [6.07, 6.45) is 0. The molecule has 1 heterocycles. The molecule has 3 aromatic carbocycles. The lowest BCUT2D eigenvalue weighted by Crippen LogP contribution is -2.00. The fourth-order valence-electron chi connectivity index (χ4n) is 3.00. The Morgan fingerprint density at radius 1 is 0.815 bits per heavy atom. The van der Waals surface area contributed by atoms with E-state index in [1.807, 2.05) is 48.5 Å². The molecule has 1 aromatic heterocycles. The Bertz CT molecular complexity index is 1110. The summed E-state index contributed by atoms with van der Waals surface area (Å²) in [4.78, 5) is 9.56. The molecule has 0 amide bonds. The van der Waals surface area contributed by atoms with Gasteiger partial charge in [0.2, 0.25) is 0 Å². The lowest BCUT2D eigenvalue weighted by Gasteiger charge is -2.13. The van der Waals surface area contributed by atoms with Crippen LogP contribution in [0.3, 0.4) is 0 Å². The van der Waals surface area contributed by atoms with Crippen LogP contribution in [0, 0.1) is 13.8 Å². The molecule has 0 aliphatic heterocycles. The van der Waals surface area contributed by atoms with Crippen molar-refractivity contribution in [3.8, 4) is 17.1 Å². The van der Waals surface area contributed by atoms with Crippen molar-refractivity contribution in [3.63, 3.8) is 0 Å². The first-order valence-electron chi connectivity index (χ1n) is 8.89. The van der Waals surface area contributed by atoms with Crippen LogP contribution in [0.5, 0.6) is 5.75 Å². The number of nitrogens with one attached hydrogen (secondary N) is 1. The molecule has 1 N–H and O–H groups in total. The van der Waals surface area contributed by atoms with Crippen molar-refractivity contribution < 1.29 is 4.74 Å². The molecule has 4 nitrogen and oxygen atoms in total. The average Bonchev–Trinajstić information content (AvgIpc) is 2.71. The molecule has 0 spiro atoms. The maximum atomic E-state index is 5.39. The Morgan fingerprint density at radius 3 is 2.37 bits per heavy atom. The van der Waals surface area contributed by atoms with Crippen molar-refractivity contribution >= 4 is 22.4 Å². The molecule has 0 saturated heterocycles. The Labute approximate surface area is 158 Å². The second-order valence-corrected chi connectivity index (χ2v) is 6.57. The number of ether oxygens (including phenoxy) is 1. The Morgan fingerprint density at radius 2 is 1.63 bits per heavy atom. The van der Waals surface area contributed by atoms with E-state index in [9.17, 15) is 0 Å². The van der Waals surface area contributed by atoms with Crippen LogP contribution in [-0.2, 0) is 0 Å². The maximum absolute atomic E-state index is 5.39. The quantitative estimate of drug-likeness (QED) is 0.513. The Hall–Kier alpha value is -3.40. The first-order valence-corrected chi connectivity index (χ1v) is 8.89. The summed E-state index contributed by atoms with van der Waals surface area (Å²) in [5.74, 6) is 2.24. The van der Waals surface area contributed by atoms with Gasteiger partial charge in [-0.1, -0.05) is 36.4 Å². The zero-order valence-electron chi connectivity index (χ0n) is 15.7. The summed E-state index contributed by atoms with van der Waals surface area (Å²) in [6, 6.07) is 22.2. The molecular formula is C23H21N3O. The number of fused-ring (bicyclic) bond motifs is 1. The van der Waals surface area contributed by atoms with Gasteiger partial charge in [-0.3, -0.25) is 0 Å². The number of methoxy groups -OCH3 is 1. The van der Waals surface area contributed by atoms with Crippen LogP contribution < -0.4 is 10.1 Å². The van der Waals surface area contributed by atoms with Crippen LogP contribution in [0.15, 0.2) is 66.7 Å². The standard InChI is InChI=1S/C23H21N3O/c1-15-9-10-18(13-16(15)2)24-23-20-14-19(27-3)11-12-21(20)25-22(26-23)17-7-5-4-6-8-17/h4-14H,1-3H3,(H,24,25,26). The van der Waals surface area contributed by atoms with Crippen LogP contribution in [-0.4, -0.2) is 17.1 Å². The van der Waals surface area contributed by atoms with Crippen molar-refractivity contribution in [2.45, 2.75) is 13.8 Å². The van der Waals surface area contributed by atoms with Gasteiger partial charge in [-0.05, 0) is 55.3 Å². The Balaban J connectivity index is 1.88. The molecule has 27 heavy (non-hydrogen) atoms. The second kappa shape index (κ2) is 7.08. The van der Waals surface area contributed by atoms with Crippen LogP contribution in [0.2, 0.25) is 0 Å². The molecule has 0 fully saturated rings. The number of nitrogens with zero attached hydrogens (tertiary/aromatic N) is 2. The summed E-state index contributed by atoms with van der Waals surface area (Å²) in [6.45, 7) is 4.22. The van der Waals surface area contributed by atoms with E-state index in [4.69, 9.17) is 14.7 Å². The monoisotopic (exact) mass is 355 g/mol. The number of anilines is 2. The van der Waals surface area contributed by atoms with E-state index in [1.54, 1.807) is 7.11 Å². The van der Waals surface area contributed by atoms with Crippen molar-refractivity contribution in [1.29, 1.82) is 0 Å². The molecule has 4 aromatic rings. The van der Waals surface area contributed by atoms with E-state index in [1.165, 1.54) is 11.1 Å². The maximum Gasteiger partial charge on any atom is 0.162 e.